The molecule has 1 amide bonds. The van der Waals surface area contributed by atoms with Gasteiger partial charge in [0.1, 0.15) is 12.4 Å². The number of benzene rings is 3. The minimum atomic E-state index is -0.348. The van der Waals surface area contributed by atoms with Crippen molar-refractivity contribution in [3.63, 3.8) is 0 Å². The van der Waals surface area contributed by atoms with Crippen molar-refractivity contribution in [3.05, 3.63) is 82.4 Å². The van der Waals surface area contributed by atoms with E-state index >= 15 is 0 Å². The Morgan fingerprint density at radius 1 is 0.970 bits per heavy atom. The van der Waals surface area contributed by atoms with Gasteiger partial charge >= 0.3 is 0 Å². The van der Waals surface area contributed by atoms with Crippen LogP contribution in [0.3, 0.4) is 0 Å². The summed E-state index contributed by atoms with van der Waals surface area (Å²) in [5.41, 5.74) is 3.29. The summed E-state index contributed by atoms with van der Waals surface area (Å²) in [5.74, 6) is 1.37. The zero-order chi connectivity index (χ0) is 23.6. The molecule has 0 fully saturated rings. The molecule has 0 radical (unpaired) electrons. The Kier molecular flexibility index (Phi) is 8.55. The second-order valence-corrected chi connectivity index (χ2v) is 7.52. The maximum Gasteiger partial charge on any atom is 0.265 e. The number of halogens is 1. The highest BCUT2D eigenvalue weighted by atomic mass is 35.5. The number of hydrogen-bond donors (Lipinski definition) is 1. The summed E-state index contributed by atoms with van der Waals surface area (Å²) in [6, 6.07) is 18.3. The third-order valence-corrected chi connectivity index (χ3v) is 4.85. The molecule has 0 atom stereocenters. The Morgan fingerprint density at radius 2 is 1.70 bits per heavy atom. The first-order valence-corrected chi connectivity index (χ1v) is 10.5. The fraction of sp³-hybridized carbons (Fsp3) is 0.200. The van der Waals surface area contributed by atoms with E-state index in [1.54, 1.807) is 32.4 Å². The van der Waals surface area contributed by atoms with Crippen LogP contribution in [0.2, 0.25) is 5.02 Å². The average molecular weight is 469 g/mol. The van der Waals surface area contributed by atoms with Crippen molar-refractivity contribution in [2.45, 2.75) is 13.5 Å². The van der Waals surface area contributed by atoms with Crippen LogP contribution >= 0.6 is 11.6 Å². The fourth-order valence-corrected chi connectivity index (χ4v) is 3.05. The fourth-order valence-electron chi connectivity index (χ4n) is 2.93. The first-order valence-electron chi connectivity index (χ1n) is 10.1. The van der Waals surface area contributed by atoms with Crippen molar-refractivity contribution in [2.24, 2.45) is 5.16 Å². The Morgan fingerprint density at radius 3 is 2.42 bits per heavy atom. The number of rotatable bonds is 10. The highest BCUT2D eigenvalue weighted by Gasteiger charge is 2.09. The van der Waals surface area contributed by atoms with Gasteiger partial charge < -0.3 is 24.4 Å². The number of methoxy groups -OCH3 is 2. The highest BCUT2D eigenvalue weighted by Crippen LogP contribution is 2.28. The minimum absolute atomic E-state index is 0.243. The minimum Gasteiger partial charge on any atom is -0.495 e. The molecule has 33 heavy (non-hydrogen) atoms. The lowest BCUT2D eigenvalue weighted by molar-refractivity contribution is -0.120. The van der Waals surface area contributed by atoms with Crippen molar-refractivity contribution in [2.75, 3.05) is 26.1 Å². The summed E-state index contributed by atoms with van der Waals surface area (Å²) in [7, 11) is 3.11. The third kappa shape index (κ3) is 7.15. The van der Waals surface area contributed by atoms with E-state index in [2.05, 4.69) is 10.5 Å². The van der Waals surface area contributed by atoms with Gasteiger partial charge in [-0.2, -0.15) is 0 Å². The molecule has 3 aromatic rings. The van der Waals surface area contributed by atoms with Crippen LogP contribution in [-0.4, -0.2) is 32.9 Å². The van der Waals surface area contributed by atoms with Gasteiger partial charge in [0.15, 0.2) is 18.1 Å². The van der Waals surface area contributed by atoms with Crippen LogP contribution in [0.4, 0.5) is 5.69 Å². The number of anilines is 1. The molecule has 8 heteroatoms. The second kappa shape index (κ2) is 11.8. The van der Waals surface area contributed by atoms with Crippen molar-refractivity contribution in [1.82, 2.24) is 0 Å². The van der Waals surface area contributed by atoms with Gasteiger partial charge in [0, 0.05) is 10.6 Å². The molecule has 7 nitrogen and oxygen atoms in total. The molecule has 0 aliphatic carbocycles. The molecule has 0 aromatic heterocycles. The summed E-state index contributed by atoms with van der Waals surface area (Å²) in [4.78, 5) is 17.3. The molecule has 0 saturated carbocycles. The predicted octanol–water partition coefficient (Wildman–Crippen LogP) is 5.23. The lowest BCUT2D eigenvalue weighted by atomic mass is 10.2. The molecule has 3 aromatic carbocycles. The summed E-state index contributed by atoms with van der Waals surface area (Å²) in [6.07, 6.45) is 1.49. The maximum atomic E-state index is 12.1. The standard InChI is InChI=1S/C25H25ClN2O5/c1-17-4-10-22(30-2)21(12-17)28-25(29)16-33-27-14-19-7-11-23(24(13-19)31-3)32-15-18-5-8-20(26)9-6-18/h4-14H,15-16H2,1-3H3,(H,28,29)/b27-14+. The zero-order valence-corrected chi connectivity index (χ0v) is 19.4. The van der Waals surface area contributed by atoms with Crippen molar-refractivity contribution < 1.29 is 23.8 Å². The molecule has 0 unspecified atom stereocenters. The molecule has 0 spiro atoms. The first-order chi connectivity index (χ1) is 16.0. The number of carbonyl (C=O) groups is 1. The summed E-state index contributed by atoms with van der Waals surface area (Å²) in [5, 5.41) is 7.29. The number of nitrogens with one attached hydrogen (secondary N) is 1. The molecule has 172 valence electrons. The molecule has 0 aliphatic heterocycles. The van der Waals surface area contributed by atoms with E-state index in [4.69, 9.17) is 30.6 Å². The normalized spacial score (nSPS) is 10.7. The van der Waals surface area contributed by atoms with Gasteiger partial charge in [-0.25, -0.2) is 0 Å². The average Bonchev–Trinajstić information content (AvgIpc) is 2.82. The zero-order valence-electron chi connectivity index (χ0n) is 18.6. The molecule has 1 N–H and O–H groups in total. The Hall–Kier alpha value is -3.71. The van der Waals surface area contributed by atoms with Crippen LogP contribution in [0.25, 0.3) is 0 Å². The van der Waals surface area contributed by atoms with Crippen molar-refractivity contribution >= 4 is 29.4 Å². The number of amides is 1. The third-order valence-electron chi connectivity index (χ3n) is 4.60. The van der Waals surface area contributed by atoms with E-state index in [9.17, 15) is 4.79 Å². The topological polar surface area (TPSA) is 78.4 Å². The van der Waals surface area contributed by atoms with E-state index in [-0.39, 0.29) is 12.5 Å². The molecule has 0 bridgehead atoms. The lowest BCUT2D eigenvalue weighted by Gasteiger charge is -2.11. The number of nitrogens with zero attached hydrogens (tertiary/aromatic N) is 1. The van der Waals surface area contributed by atoms with Gasteiger partial charge in [0.25, 0.3) is 5.91 Å². The number of ether oxygens (including phenoxy) is 3. The summed E-state index contributed by atoms with van der Waals surface area (Å²) in [6.45, 7) is 2.07. The van der Waals surface area contributed by atoms with E-state index in [1.165, 1.54) is 6.21 Å². The summed E-state index contributed by atoms with van der Waals surface area (Å²) >= 11 is 5.91. The Bertz CT molecular complexity index is 1120. The predicted molar refractivity (Wildman–Crippen MR) is 129 cm³/mol. The van der Waals surface area contributed by atoms with Crippen LogP contribution in [0.5, 0.6) is 17.2 Å². The molecule has 0 aliphatic rings. The monoisotopic (exact) mass is 468 g/mol. The second-order valence-electron chi connectivity index (χ2n) is 7.09. The van der Waals surface area contributed by atoms with E-state index in [1.807, 2.05) is 49.4 Å². The molecule has 0 heterocycles. The smallest absolute Gasteiger partial charge is 0.265 e. The van der Waals surface area contributed by atoms with Crippen LogP contribution in [0.15, 0.2) is 65.8 Å². The number of oxime groups is 1. The first kappa shape index (κ1) is 23.9. The number of aryl methyl sites for hydroxylation is 1. The highest BCUT2D eigenvalue weighted by molar-refractivity contribution is 6.30. The lowest BCUT2D eigenvalue weighted by Crippen LogP contribution is -2.17. The summed E-state index contributed by atoms with van der Waals surface area (Å²) < 4.78 is 16.5. The van der Waals surface area contributed by atoms with Crippen LogP contribution < -0.4 is 19.5 Å². The van der Waals surface area contributed by atoms with Gasteiger partial charge in [-0.15, -0.1) is 0 Å². The largest absolute Gasteiger partial charge is 0.495 e. The van der Waals surface area contributed by atoms with Crippen LogP contribution in [0.1, 0.15) is 16.7 Å². The molecule has 0 saturated heterocycles. The quantitative estimate of drug-likeness (QED) is 0.325. The van der Waals surface area contributed by atoms with Gasteiger partial charge in [-0.3, -0.25) is 4.79 Å². The maximum absolute atomic E-state index is 12.1. The molecular weight excluding hydrogens is 444 g/mol. The van der Waals surface area contributed by atoms with E-state index in [0.717, 1.165) is 16.7 Å². The van der Waals surface area contributed by atoms with Gasteiger partial charge in [0.2, 0.25) is 0 Å². The van der Waals surface area contributed by atoms with Crippen LogP contribution in [-0.2, 0) is 16.2 Å². The van der Waals surface area contributed by atoms with Crippen molar-refractivity contribution in [1.29, 1.82) is 0 Å². The van der Waals surface area contributed by atoms with E-state index in [0.29, 0.717) is 34.6 Å². The van der Waals surface area contributed by atoms with Gasteiger partial charge in [0.05, 0.1) is 26.1 Å². The number of hydrogen-bond acceptors (Lipinski definition) is 6. The SMILES string of the molecule is COc1ccc(C)cc1NC(=O)CO/N=C/c1ccc(OCc2ccc(Cl)cc2)c(OC)c1. The molecule has 3 rings (SSSR count). The van der Waals surface area contributed by atoms with Gasteiger partial charge in [-0.1, -0.05) is 35.0 Å². The Labute approximate surface area is 197 Å². The van der Waals surface area contributed by atoms with E-state index < -0.39 is 0 Å². The molecular formula is C25H25ClN2O5. The number of carbonyl (C=O) groups excluding carboxylic acids is 1. The van der Waals surface area contributed by atoms with Crippen molar-refractivity contribution in [3.8, 4) is 17.2 Å². The van der Waals surface area contributed by atoms with Gasteiger partial charge in [-0.05, 0) is 60.5 Å². The van der Waals surface area contributed by atoms with Crippen LogP contribution in [0, 0.1) is 6.92 Å². The Balaban J connectivity index is 1.53.